The highest BCUT2D eigenvalue weighted by molar-refractivity contribution is 5.82. The standard InChI is InChI=1S/C22H20F3N3/c23-22(24,25)21-3-1-2-20(27-21)17-8-12-28(13-9-17)11-7-16-4-5-19-15-26-10-6-18(19)14-16/h1-6,8,10,14-15H,7,9,11-13H2. The Morgan fingerprint density at radius 3 is 2.71 bits per heavy atom. The van der Waals surface area contributed by atoms with Gasteiger partial charge in [-0.3, -0.25) is 9.88 Å². The molecule has 0 fully saturated rings. The molecule has 3 nitrogen and oxygen atoms in total. The first-order chi connectivity index (χ1) is 13.5. The van der Waals surface area contributed by atoms with Crippen molar-refractivity contribution in [3.8, 4) is 0 Å². The predicted molar refractivity (Wildman–Crippen MR) is 104 cm³/mol. The fourth-order valence-corrected chi connectivity index (χ4v) is 3.49. The molecule has 1 aliphatic rings. The SMILES string of the molecule is FC(F)(F)c1cccc(C2=CCN(CCc3ccc4cnccc4c3)CC2)n1. The molecule has 28 heavy (non-hydrogen) atoms. The molecule has 4 rings (SSSR count). The number of aromatic nitrogens is 2. The van der Waals surface area contributed by atoms with E-state index in [1.807, 2.05) is 18.3 Å². The van der Waals surface area contributed by atoms with E-state index < -0.39 is 11.9 Å². The molecule has 0 atom stereocenters. The van der Waals surface area contributed by atoms with Crippen molar-refractivity contribution in [2.75, 3.05) is 19.6 Å². The van der Waals surface area contributed by atoms with E-state index in [1.54, 1.807) is 12.3 Å². The third-order valence-electron chi connectivity index (χ3n) is 5.08. The van der Waals surface area contributed by atoms with Gasteiger partial charge in [-0.2, -0.15) is 13.2 Å². The quantitative estimate of drug-likeness (QED) is 0.636. The van der Waals surface area contributed by atoms with Crippen LogP contribution in [0.4, 0.5) is 13.2 Å². The second-order valence-electron chi connectivity index (χ2n) is 6.99. The van der Waals surface area contributed by atoms with Crippen LogP contribution in [0.1, 0.15) is 23.4 Å². The first kappa shape index (κ1) is 18.6. The Morgan fingerprint density at radius 2 is 1.93 bits per heavy atom. The van der Waals surface area contributed by atoms with E-state index in [0.29, 0.717) is 12.1 Å². The summed E-state index contributed by atoms with van der Waals surface area (Å²) < 4.78 is 38.6. The number of rotatable bonds is 4. The van der Waals surface area contributed by atoms with E-state index in [-0.39, 0.29) is 0 Å². The molecule has 0 N–H and O–H groups in total. The topological polar surface area (TPSA) is 29.0 Å². The molecule has 1 aliphatic heterocycles. The largest absolute Gasteiger partial charge is 0.433 e. The molecule has 0 amide bonds. The van der Waals surface area contributed by atoms with E-state index in [4.69, 9.17) is 0 Å². The van der Waals surface area contributed by atoms with Gasteiger partial charge < -0.3 is 0 Å². The molecular formula is C22H20F3N3. The van der Waals surface area contributed by atoms with Crippen molar-refractivity contribution < 1.29 is 13.2 Å². The van der Waals surface area contributed by atoms with Gasteiger partial charge in [0, 0.05) is 37.4 Å². The average Bonchev–Trinajstić information content (AvgIpc) is 2.72. The van der Waals surface area contributed by atoms with Gasteiger partial charge in [0.1, 0.15) is 5.69 Å². The second-order valence-corrected chi connectivity index (χ2v) is 6.99. The fourth-order valence-electron chi connectivity index (χ4n) is 3.49. The molecule has 3 heterocycles. The summed E-state index contributed by atoms with van der Waals surface area (Å²) in [5.74, 6) is 0. The first-order valence-electron chi connectivity index (χ1n) is 9.28. The summed E-state index contributed by atoms with van der Waals surface area (Å²) in [6.07, 6.45) is 2.88. The summed E-state index contributed by atoms with van der Waals surface area (Å²) >= 11 is 0. The molecule has 2 aromatic heterocycles. The molecule has 3 aromatic rings. The molecule has 0 aliphatic carbocycles. The van der Waals surface area contributed by atoms with Crippen molar-refractivity contribution in [1.82, 2.24) is 14.9 Å². The Kier molecular flexibility index (Phi) is 5.13. The van der Waals surface area contributed by atoms with Crippen LogP contribution in [-0.2, 0) is 12.6 Å². The number of hydrogen-bond donors (Lipinski definition) is 0. The van der Waals surface area contributed by atoms with Crippen LogP contribution in [-0.4, -0.2) is 34.5 Å². The smallest absolute Gasteiger partial charge is 0.299 e. The van der Waals surface area contributed by atoms with E-state index in [9.17, 15) is 13.2 Å². The van der Waals surface area contributed by atoms with Crippen LogP contribution in [0.2, 0.25) is 0 Å². The van der Waals surface area contributed by atoms with Crippen molar-refractivity contribution in [3.63, 3.8) is 0 Å². The zero-order valence-electron chi connectivity index (χ0n) is 15.3. The van der Waals surface area contributed by atoms with Crippen molar-refractivity contribution in [3.05, 3.63) is 77.9 Å². The average molecular weight is 383 g/mol. The molecule has 144 valence electrons. The Bertz CT molecular complexity index is 1010. The van der Waals surface area contributed by atoms with Crippen LogP contribution in [0.25, 0.3) is 16.3 Å². The highest BCUT2D eigenvalue weighted by Crippen LogP contribution is 2.29. The first-order valence-corrected chi connectivity index (χ1v) is 9.28. The molecule has 0 unspecified atom stereocenters. The molecule has 6 heteroatoms. The molecule has 0 saturated carbocycles. The van der Waals surface area contributed by atoms with Gasteiger partial charge in [-0.1, -0.05) is 30.3 Å². The van der Waals surface area contributed by atoms with Gasteiger partial charge in [0.05, 0.1) is 5.69 Å². The molecule has 0 spiro atoms. The van der Waals surface area contributed by atoms with Crippen LogP contribution in [0.3, 0.4) is 0 Å². The Balaban J connectivity index is 1.38. The third-order valence-corrected chi connectivity index (χ3v) is 5.08. The van der Waals surface area contributed by atoms with Gasteiger partial charge in [0.2, 0.25) is 0 Å². The van der Waals surface area contributed by atoms with Crippen molar-refractivity contribution in [1.29, 1.82) is 0 Å². The Morgan fingerprint density at radius 1 is 1.04 bits per heavy atom. The van der Waals surface area contributed by atoms with Crippen LogP contribution >= 0.6 is 0 Å². The lowest BCUT2D eigenvalue weighted by atomic mass is 10.0. The zero-order valence-corrected chi connectivity index (χ0v) is 15.3. The van der Waals surface area contributed by atoms with Gasteiger partial charge in [0.15, 0.2) is 0 Å². The Hall–Kier alpha value is -2.73. The van der Waals surface area contributed by atoms with Gasteiger partial charge in [-0.25, -0.2) is 4.98 Å². The van der Waals surface area contributed by atoms with Crippen LogP contribution in [0, 0.1) is 0 Å². The lowest BCUT2D eigenvalue weighted by Gasteiger charge is -2.26. The number of fused-ring (bicyclic) bond motifs is 1. The second kappa shape index (κ2) is 7.72. The highest BCUT2D eigenvalue weighted by Gasteiger charge is 2.32. The summed E-state index contributed by atoms with van der Waals surface area (Å²) in [5.41, 5.74) is 1.76. The van der Waals surface area contributed by atoms with Crippen LogP contribution < -0.4 is 0 Å². The summed E-state index contributed by atoms with van der Waals surface area (Å²) in [7, 11) is 0. The molecule has 0 saturated heterocycles. The lowest BCUT2D eigenvalue weighted by molar-refractivity contribution is -0.141. The summed E-state index contributed by atoms with van der Waals surface area (Å²) in [5, 5.41) is 2.31. The normalized spacial score (nSPS) is 15.6. The highest BCUT2D eigenvalue weighted by atomic mass is 19.4. The zero-order chi connectivity index (χ0) is 19.6. The molecular weight excluding hydrogens is 363 g/mol. The molecule has 0 radical (unpaired) electrons. The lowest BCUT2D eigenvalue weighted by Crippen LogP contribution is -2.30. The minimum atomic E-state index is -4.41. The maximum Gasteiger partial charge on any atom is 0.433 e. The molecule has 0 bridgehead atoms. The number of pyridine rings is 2. The van der Waals surface area contributed by atoms with Crippen LogP contribution in [0.15, 0.2) is 60.9 Å². The number of hydrogen-bond acceptors (Lipinski definition) is 3. The number of nitrogens with zero attached hydrogens (tertiary/aromatic N) is 3. The maximum absolute atomic E-state index is 12.9. The monoisotopic (exact) mass is 383 g/mol. The maximum atomic E-state index is 12.9. The van der Waals surface area contributed by atoms with E-state index in [0.717, 1.165) is 43.1 Å². The minimum absolute atomic E-state index is 0.428. The summed E-state index contributed by atoms with van der Waals surface area (Å²) in [6, 6.07) is 12.5. The van der Waals surface area contributed by atoms with Crippen molar-refractivity contribution in [2.24, 2.45) is 0 Å². The summed E-state index contributed by atoms with van der Waals surface area (Å²) in [4.78, 5) is 10.2. The minimum Gasteiger partial charge on any atom is -0.299 e. The molecule has 1 aromatic carbocycles. The van der Waals surface area contributed by atoms with E-state index >= 15 is 0 Å². The van der Waals surface area contributed by atoms with Crippen LogP contribution in [0.5, 0.6) is 0 Å². The predicted octanol–water partition coefficient (Wildman–Crippen LogP) is 4.98. The van der Waals surface area contributed by atoms with Gasteiger partial charge in [0.25, 0.3) is 0 Å². The van der Waals surface area contributed by atoms with Crippen molar-refractivity contribution in [2.45, 2.75) is 19.0 Å². The fraction of sp³-hybridized carbons (Fsp3) is 0.273. The van der Waals surface area contributed by atoms with Gasteiger partial charge in [-0.15, -0.1) is 0 Å². The van der Waals surface area contributed by atoms with Gasteiger partial charge in [-0.05, 0) is 47.6 Å². The third kappa shape index (κ3) is 4.22. The number of benzene rings is 1. The number of halogens is 3. The van der Waals surface area contributed by atoms with Crippen molar-refractivity contribution >= 4 is 16.3 Å². The number of alkyl halides is 3. The van der Waals surface area contributed by atoms with E-state index in [2.05, 4.69) is 33.1 Å². The Labute approximate surface area is 161 Å². The van der Waals surface area contributed by atoms with Gasteiger partial charge >= 0.3 is 6.18 Å². The summed E-state index contributed by atoms with van der Waals surface area (Å²) in [6.45, 7) is 2.46. The van der Waals surface area contributed by atoms with E-state index in [1.165, 1.54) is 17.0 Å².